The molecule has 1 aromatic heterocycles. The Morgan fingerprint density at radius 1 is 1.21 bits per heavy atom. The summed E-state index contributed by atoms with van der Waals surface area (Å²) in [5.74, 6) is 1.16. The van der Waals surface area contributed by atoms with Crippen LogP contribution in [0.1, 0.15) is 55.3 Å². The van der Waals surface area contributed by atoms with E-state index in [9.17, 15) is 14.7 Å². The molecule has 2 atom stereocenters. The van der Waals surface area contributed by atoms with Gasteiger partial charge in [0.05, 0.1) is 5.56 Å². The Morgan fingerprint density at radius 2 is 2.03 bits per heavy atom. The number of carboxylic acid groups (broad SMARTS) is 1. The van der Waals surface area contributed by atoms with Crippen molar-refractivity contribution in [1.29, 1.82) is 0 Å². The van der Waals surface area contributed by atoms with Crippen LogP contribution in [-0.2, 0) is 4.79 Å². The third kappa shape index (κ3) is 4.47. The number of hydrogen-bond donors (Lipinski definition) is 3. The molecular weight excluding hydrogens is 386 g/mol. The lowest BCUT2D eigenvalue weighted by Gasteiger charge is -2.51. The summed E-state index contributed by atoms with van der Waals surface area (Å²) in [7, 11) is 0. The fourth-order valence-corrected chi connectivity index (χ4v) is 5.81. The zero-order chi connectivity index (χ0) is 20.4. The van der Waals surface area contributed by atoms with Gasteiger partial charge in [0.1, 0.15) is 5.75 Å². The first-order valence-corrected chi connectivity index (χ1v) is 11.3. The first-order chi connectivity index (χ1) is 14.0. The van der Waals surface area contributed by atoms with Crippen LogP contribution in [0.4, 0.5) is 0 Å². The highest BCUT2D eigenvalue weighted by atomic mass is 32.1. The number of phenolic OH excluding ortho intramolecular Hbond substituents is 1. The summed E-state index contributed by atoms with van der Waals surface area (Å²) in [4.78, 5) is 23.6. The summed E-state index contributed by atoms with van der Waals surface area (Å²) in [6.45, 7) is 0. The number of allylic oxidation sites excluding steroid dienone is 2. The summed E-state index contributed by atoms with van der Waals surface area (Å²) in [5.41, 5.74) is 0.644. The van der Waals surface area contributed by atoms with E-state index in [1.807, 2.05) is 11.4 Å². The van der Waals surface area contributed by atoms with Crippen LogP contribution in [0.15, 0.2) is 35.7 Å². The first kappa shape index (κ1) is 20.0. The smallest absolute Gasteiger partial charge is 0.303 e. The number of rotatable bonds is 8. The second-order valence-corrected chi connectivity index (χ2v) is 9.33. The van der Waals surface area contributed by atoms with Crippen molar-refractivity contribution in [2.75, 3.05) is 0 Å². The van der Waals surface area contributed by atoms with Crippen molar-refractivity contribution in [2.24, 2.45) is 17.8 Å². The lowest BCUT2D eigenvalue weighted by Crippen LogP contribution is -2.54. The number of unbranched alkanes of at least 4 members (excludes halogenated alkanes) is 1. The van der Waals surface area contributed by atoms with Gasteiger partial charge >= 0.3 is 5.97 Å². The van der Waals surface area contributed by atoms with Crippen molar-refractivity contribution in [1.82, 2.24) is 5.32 Å². The zero-order valence-corrected chi connectivity index (χ0v) is 17.2. The van der Waals surface area contributed by atoms with Crippen molar-refractivity contribution in [3.8, 4) is 5.75 Å². The van der Waals surface area contributed by atoms with Crippen LogP contribution in [0.2, 0.25) is 0 Å². The number of benzene rings is 1. The molecule has 3 aliphatic carbocycles. The highest BCUT2D eigenvalue weighted by Crippen LogP contribution is 2.49. The average molecular weight is 414 g/mol. The second-order valence-electron chi connectivity index (χ2n) is 8.42. The number of amides is 1. The Bertz CT molecular complexity index is 928. The van der Waals surface area contributed by atoms with E-state index in [0.717, 1.165) is 35.3 Å². The molecule has 1 amide bonds. The number of carbonyl (C=O) groups is 2. The van der Waals surface area contributed by atoms with Crippen molar-refractivity contribution in [3.05, 3.63) is 41.3 Å². The van der Waals surface area contributed by atoms with Gasteiger partial charge in [-0.05, 0) is 74.5 Å². The van der Waals surface area contributed by atoms with Crippen molar-refractivity contribution in [2.45, 2.75) is 51.0 Å². The maximum atomic E-state index is 13.0. The Balaban J connectivity index is 1.40. The van der Waals surface area contributed by atoms with Gasteiger partial charge in [0, 0.05) is 27.9 Å². The summed E-state index contributed by atoms with van der Waals surface area (Å²) in [6.07, 6.45) is 10.4. The van der Waals surface area contributed by atoms with Gasteiger partial charge in [-0.25, -0.2) is 0 Å². The van der Waals surface area contributed by atoms with Gasteiger partial charge in [-0.1, -0.05) is 12.2 Å². The van der Waals surface area contributed by atoms with E-state index in [2.05, 4.69) is 17.5 Å². The predicted octanol–water partition coefficient (Wildman–Crippen LogP) is 4.95. The van der Waals surface area contributed by atoms with E-state index in [1.54, 1.807) is 12.1 Å². The fourth-order valence-electron chi connectivity index (χ4n) is 4.89. The number of carboxylic acids is 1. The van der Waals surface area contributed by atoms with Crippen LogP contribution in [-0.4, -0.2) is 28.1 Å². The summed E-state index contributed by atoms with van der Waals surface area (Å²) in [6, 6.07) is 5.34. The highest BCUT2D eigenvalue weighted by molar-refractivity contribution is 7.17. The quantitative estimate of drug-likeness (QED) is 0.422. The molecule has 3 fully saturated rings. The van der Waals surface area contributed by atoms with Gasteiger partial charge in [0.2, 0.25) is 0 Å². The molecule has 5 rings (SSSR count). The fraction of sp³-hybridized carbons (Fsp3) is 0.478. The number of nitrogens with one attached hydrogen (secondary N) is 1. The number of phenols is 1. The van der Waals surface area contributed by atoms with Crippen molar-refractivity contribution < 1.29 is 19.8 Å². The van der Waals surface area contributed by atoms with Crippen LogP contribution in [0.25, 0.3) is 10.1 Å². The molecule has 3 saturated carbocycles. The maximum absolute atomic E-state index is 13.0. The van der Waals surface area contributed by atoms with Crippen LogP contribution < -0.4 is 5.32 Å². The van der Waals surface area contributed by atoms with Gasteiger partial charge in [-0.3, -0.25) is 9.59 Å². The number of thiophene rings is 1. The van der Waals surface area contributed by atoms with Gasteiger partial charge in [0.25, 0.3) is 5.91 Å². The molecule has 0 aliphatic heterocycles. The van der Waals surface area contributed by atoms with E-state index in [0.29, 0.717) is 23.8 Å². The third-order valence-corrected chi connectivity index (χ3v) is 7.35. The van der Waals surface area contributed by atoms with E-state index in [-0.39, 0.29) is 24.1 Å². The Hall–Kier alpha value is -2.34. The maximum Gasteiger partial charge on any atom is 0.303 e. The Labute approximate surface area is 174 Å². The SMILES string of the molecule is O=C(O)CCC/C=C\C[C@@H]1CC2CC(C2)[C@@H]1NC(=O)c1csc2ccc(O)cc12. The highest BCUT2D eigenvalue weighted by Gasteiger charge is 2.45. The van der Waals surface area contributed by atoms with Crippen LogP contribution >= 0.6 is 11.3 Å². The molecule has 2 aromatic rings. The molecule has 2 bridgehead atoms. The largest absolute Gasteiger partial charge is 0.508 e. The van der Waals surface area contributed by atoms with Crippen LogP contribution in [0.5, 0.6) is 5.75 Å². The lowest BCUT2D eigenvalue weighted by molar-refractivity contribution is -0.137. The zero-order valence-electron chi connectivity index (χ0n) is 16.3. The molecule has 3 N–H and O–H groups in total. The summed E-state index contributed by atoms with van der Waals surface area (Å²) in [5, 5.41) is 24.5. The molecule has 1 heterocycles. The van der Waals surface area contributed by atoms with Crippen LogP contribution in [0.3, 0.4) is 0 Å². The number of aliphatic carboxylic acids is 1. The minimum absolute atomic E-state index is 0.0485. The van der Waals surface area contributed by atoms with E-state index in [1.165, 1.54) is 24.2 Å². The number of fused-ring (bicyclic) bond motifs is 3. The van der Waals surface area contributed by atoms with E-state index >= 15 is 0 Å². The number of carbonyl (C=O) groups excluding carboxylic acids is 1. The van der Waals surface area contributed by atoms with Gasteiger partial charge in [-0.2, -0.15) is 0 Å². The molecule has 5 nitrogen and oxygen atoms in total. The second kappa shape index (κ2) is 8.57. The molecule has 0 saturated heterocycles. The van der Waals surface area contributed by atoms with Gasteiger partial charge < -0.3 is 15.5 Å². The summed E-state index contributed by atoms with van der Waals surface area (Å²) >= 11 is 1.52. The molecule has 29 heavy (non-hydrogen) atoms. The van der Waals surface area contributed by atoms with Crippen LogP contribution in [0, 0.1) is 17.8 Å². The molecule has 3 aliphatic rings. The van der Waals surface area contributed by atoms with Gasteiger partial charge in [0.15, 0.2) is 0 Å². The average Bonchev–Trinajstić information content (AvgIpc) is 3.07. The predicted molar refractivity (Wildman–Crippen MR) is 114 cm³/mol. The standard InChI is InChI=1S/C23H27NO4S/c25-17-7-8-20-18(12-17)19(13-29-20)23(28)24-22-15(9-14-10-16(22)11-14)5-3-1-2-4-6-21(26)27/h1,3,7-8,12-16,22,25H,2,4-6,9-11H2,(H,24,28)(H,26,27)/b3-1-/t14?,15-,16?,22-/m1/s1. The Kier molecular flexibility index (Phi) is 5.90. The van der Waals surface area contributed by atoms with Crippen molar-refractivity contribution in [3.63, 3.8) is 0 Å². The molecule has 154 valence electrons. The number of hydrogen-bond acceptors (Lipinski definition) is 4. The molecule has 0 spiro atoms. The normalized spacial score (nSPS) is 25.8. The van der Waals surface area contributed by atoms with E-state index in [4.69, 9.17) is 5.11 Å². The molecule has 1 aromatic carbocycles. The first-order valence-electron chi connectivity index (χ1n) is 10.4. The molecular formula is C23H27NO4S. The van der Waals surface area contributed by atoms with Gasteiger partial charge in [-0.15, -0.1) is 11.3 Å². The summed E-state index contributed by atoms with van der Waals surface area (Å²) < 4.78 is 1.00. The molecule has 0 unspecified atom stereocenters. The molecule has 0 radical (unpaired) electrons. The topological polar surface area (TPSA) is 86.6 Å². The number of aromatic hydroxyl groups is 1. The minimum atomic E-state index is -0.747. The minimum Gasteiger partial charge on any atom is -0.508 e. The molecule has 6 heteroatoms. The Morgan fingerprint density at radius 3 is 2.83 bits per heavy atom. The van der Waals surface area contributed by atoms with E-state index < -0.39 is 5.97 Å². The monoisotopic (exact) mass is 413 g/mol. The van der Waals surface area contributed by atoms with Crippen molar-refractivity contribution >= 4 is 33.3 Å². The third-order valence-electron chi connectivity index (χ3n) is 6.39. The lowest BCUT2D eigenvalue weighted by atomic mass is 9.58.